The van der Waals surface area contributed by atoms with Gasteiger partial charge < -0.3 is 9.13 Å². The summed E-state index contributed by atoms with van der Waals surface area (Å²) in [4.78, 5) is 0. The van der Waals surface area contributed by atoms with Gasteiger partial charge in [0.25, 0.3) is 0 Å². The maximum Gasteiger partial charge on any atom is 0.0541 e. The molecule has 8 aromatic carbocycles. The predicted molar refractivity (Wildman–Crippen MR) is 219 cm³/mol. The van der Waals surface area contributed by atoms with Gasteiger partial charge in [0.15, 0.2) is 0 Å². The van der Waals surface area contributed by atoms with Crippen LogP contribution in [0.3, 0.4) is 0 Å². The molecule has 0 aliphatic heterocycles. The summed E-state index contributed by atoms with van der Waals surface area (Å²) < 4.78 is 4.81. The lowest BCUT2D eigenvalue weighted by Gasteiger charge is -2.14. The fourth-order valence-corrected chi connectivity index (χ4v) is 7.72. The van der Waals surface area contributed by atoms with Crippen LogP contribution in [0.25, 0.3) is 88.7 Å². The number of nitrogens with zero attached hydrogens (tertiary/aromatic N) is 2. The minimum absolute atomic E-state index is 1.14. The van der Waals surface area contributed by atoms with Crippen molar-refractivity contribution in [3.8, 4) is 56.1 Å². The summed E-state index contributed by atoms with van der Waals surface area (Å²) in [5, 5.41) is 4.90. The number of aromatic nitrogens is 2. The molecule has 10 rings (SSSR count). The zero-order valence-electron chi connectivity index (χ0n) is 28.5. The zero-order valence-corrected chi connectivity index (χ0v) is 28.5. The Balaban J connectivity index is 1.12. The van der Waals surface area contributed by atoms with Crippen molar-refractivity contribution < 1.29 is 0 Å². The summed E-state index contributed by atoms with van der Waals surface area (Å²) in [7, 11) is 0. The largest absolute Gasteiger partial charge is 0.309 e. The third-order valence-corrected chi connectivity index (χ3v) is 10.3. The van der Waals surface area contributed by atoms with E-state index < -0.39 is 0 Å². The summed E-state index contributed by atoms with van der Waals surface area (Å²) in [5.41, 5.74) is 14.2. The second-order valence-corrected chi connectivity index (χ2v) is 13.5. The van der Waals surface area contributed by atoms with Crippen LogP contribution in [-0.2, 0) is 0 Å². The molecule has 0 atom stereocenters. The second kappa shape index (κ2) is 12.5. The summed E-state index contributed by atoms with van der Waals surface area (Å²) in [6.07, 6.45) is 0. The Kier molecular flexibility index (Phi) is 7.18. The molecule has 0 radical (unpaired) electrons. The molecule has 2 heteroatoms. The van der Waals surface area contributed by atoms with Gasteiger partial charge in [0.2, 0.25) is 0 Å². The molecule has 52 heavy (non-hydrogen) atoms. The van der Waals surface area contributed by atoms with Crippen LogP contribution in [0.15, 0.2) is 206 Å². The monoisotopic (exact) mass is 662 g/mol. The molecule has 2 aromatic heterocycles. The molecular formula is C50H34N2. The van der Waals surface area contributed by atoms with Gasteiger partial charge in [-0.05, 0) is 98.8 Å². The third kappa shape index (κ3) is 5.21. The Morgan fingerprint density at radius 3 is 1.40 bits per heavy atom. The Morgan fingerprint density at radius 2 is 0.712 bits per heavy atom. The van der Waals surface area contributed by atoms with Crippen molar-refractivity contribution in [1.29, 1.82) is 0 Å². The maximum atomic E-state index is 2.41. The predicted octanol–water partition coefficient (Wildman–Crippen LogP) is 13.4. The molecule has 0 bridgehead atoms. The van der Waals surface area contributed by atoms with Crippen LogP contribution in [0.5, 0.6) is 0 Å². The molecule has 0 aliphatic rings. The van der Waals surface area contributed by atoms with Crippen molar-refractivity contribution >= 4 is 32.6 Å². The zero-order chi connectivity index (χ0) is 34.4. The first kappa shape index (κ1) is 30.0. The minimum Gasteiger partial charge on any atom is -0.309 e. The average molecular weight is 663 g/mol. The molecule has 0 spiro atoms. The molecule has 0 N–H and O–H groups in total. The molecule has 244 valence electrons. The molecule has 0 saturated carbocycles. The Hall–Kier alpha value is -6.90. The van der Waals surface area contributed by atoms with Gasteiger partial charge in [-0.25, -0.2) is 0 Å². The maximum absolute atomic E-state index is 2.41. The second-order valence-electron chi connectivity index (χ2n) is 13.5. The van der Waals surface area contributed by atoms with Crippen LogP contribution in [0.2, 0.25) is 0 Å². The quantitative estimate of drug-likeness (QED) is 0.168. The van der Waals surface area contributed by atoms with Crippen molar-refractivity contribution in [3.05, 3.63) is 206 Å². The van der Waals surface area contributed by atoms with E-state index in [0.29, 0.717) is 0 Å². The van der Waals surface area contributed by atoms with Crippen LogP contribution in [0.1, 0.15) is 0 Å². The first-order valence-electron chi connectivity index (χ1n) is 17.8. The highest BCUT2D eigenvalue weighted by Crippen LogP contribution is 2.38. The highest BCUT2D eigenvalue weighted by Gasteiger charge is 2.17. The van der Waals surface area contributed by atoms with E-state index in [-0.39, 0.29) is 0 Å². The van der Waals surface area contributed by atoms with Gasteiger partial charge in [-0.15, -0.1) is 0 Å². The average Bonchev–Trinajstić information content (AvgIpc) is 3.80. The highest BCUT2D eigenvalue weighted by atomic mass is 15.0. The lowest BCUT2D eigenvalue weighted by Crippen LogP contribution is -1.97. The number of rotatable bonds is 6. The van der Waals surface area contributed by atoms with Crippen molar-refractivity contribution in [2.24, 2.45) is 0 Å². The van der Waals surface area contributed by atoms with Crippen molar-refractivity contribution in [1.82, 2.24) is 9.13 Å². The molecule has 0 unspecified atom stereocenters. The Labute approximate surface area is 303 Å². The number of benzene rings is 8. The van der Waals surface area contributed by atoms with Gasteiger partial charge in [0, 0.05) is 22.1 Å². The van der Waals surface area contributed by atoms with E-state index in [2.05, 4.69) is 215 Å². The number of hydrogen-bond donors (Lipinski definition) is 0. The van der Waals surface area contributed by atoms with E-state index in [1.165, 1.54) is 77.3 Å². The van der Waals surface area contributed by atoms with Crippen LogP contribution < -0.4 is 0 Å². The number of hydrogen-bond acceptors (Lipinski definition) is 0. The van der Waals surface area contributed by atoms with E-state index in [1.54, 1.807) is 0 Å². The van der Waals surface area contributed by atoms with Crippen LogP contribution in [-0.4, -0.2) is 9.13 Å². The standard InChI is InChI=1S/C50H34N2/c1-4-12-35(13-5-1)37-22-26-45(27-23-37)51-48(38-15-6-2-7-16-38)33-43-21-20-42(32-50(43)51)41-25-29-47-44(30-41)34-49(39-17-8-3-9-18-39)52(47)46-28-24-36-14-10-11-19-40(36)31-46/h1-34H. The van der Waals surface area contributed by atoms with Crippen molar-refractivity contribution in [2.45, 2.75) is 0 Å². The van der Waals surface area contributed by atoms with E-state index >= 15 is 0 Å². The topological polar surface area (TPSA) is 9.86 Å². The van der Waals surface area contributed by atoms with E-state index in [4.69, 9.17) is 0 Å². The van der Waals surface area contributed by atoms with Gasteiger partial charge in [0.1, 0.15) is 0 Å². The van der Waals surface area contributed by atoms with Crippen LogP contribution in [0, 0.1) is 0 Å². The third-order valence-electron chi connectivity index (χ3n) is 10.3. The molecule has 0 saturated heterocycles. The Morgan fingerprint density at radius 1 is 0.231 bits per heavy atom. The van der Waals surface area contributed by atoms with Crippen molar-refractivity contribution in [3.63, 3.8) is 0 Å². The van der Waals surface area contributed by atoms with E-state index in [1.807, 2.05) is 0 Å². The molecule has 2 nitrogen and oxygen atoms in total. The molecule has 2 heterocycles. The molecule has 0 fully saturated rings. The van der Waals surface area contributed by atoms with Gasteiger partial charge in [0.05, 0.1) is 22.4 Å². The van der Waals surface area contributed by atoms with Crippen molar-refractivity contribution in [2.75, 3.05) is 0 Å². The first-order chi connectivity index (χ1) is 25.8. The van der Waals surface area contributed by atoms with Gasteiger partial charge in [-0.2, -0.15) is 0 Å². The first-order valence-corrected chi connectivity index (χ1v) is 17.8. The minimum atomic E-state index is 1.14. The fourth-order valence-electron chi connectivity index (χ4n) is 7.72. The van der Waals surface area contributed by atoms with E-state index in [9.17, 15) is 0 Å². The molecule has 0 amide bonds. The van der Waals surface area contributed by atoms with Gasteiger partial charge >= 0.3 is 0 Å². The van der Waals surface area contributed by atoms with Gasteiger partial charge in [-0.1, -0.05) is 152 Å². The fraction of sp³-hybridized carbons (Fsp3) is 0. The lowest BCUT2D eigenvalue weighted by molar-refractivity contribution is 1.13. The van der Waals surface area contributed by atoms with Crippen LogP contribution >= 0.6 is 0 Å². The molecule has 0 aliphatic carbocycles. The van der Waals surface area contributed by atoms with Gasteiger partial charge in [-0.3, -0.25) is 0 Å². The Bertz CT molecular complexity index is 2860. The lowest BCUT2D eigenvalue weighted by atomic mass is 10.0. The van der Waals surface area contributed by atoms with E-state index in [0.717, 1.165) is 11.4 Å². The normalized spacial score (nSPS) is 11.5. The molecular weight excluding hydrogens is 629 g/mol. The number of fused-ring (bicyclic) bond motifs is 3. The SMILES string of the molecule is c1ccc(-c2ccc(-n3c(-c4ccccc4)cc4ccc(-c5ccc6c(c5)cc(-c5ccccc5)n6-c5ccc6ccccc6c5)cc43)cc2)cc1. The summed E-state index contributed by atoms with van der Waals surface area (Å²) in [6.45, 7) is 0. The smallest absolute Gasteiger partial charge is 0.0541 e. The summed E-state index contributed by atoms with van der Waals surface area (Å²) in [5.74, 6) is 0. The highest BCUT2D eigenvalue weighted by molar-refractivity contribution is 5.96. The summed E-state index contributed by atoms with van der Waals surface area (Å²) >= 11 is 0. The van der Waals surface area contributed by atoms with Crippen LogP contribution in [0.4, 0.5) is 0 Å². The summed E-state index contributed by atoms with van der Waals surface area (Å²) in [6, 6.07) is 74.7. The molecule has 10 aromatic rings.